The zero-order valence-electron chi connectivity index (χ0n) is 12.4. The summed E-state index contributed by atoms with van der Waals surface area (Å²) in [5.74, 6) is 0.529. The number of ether oxygens (including phenoxy) is 1. The van der Waals surface area contributed by atoms with Crippen molar-refractivity contribution in [2.75, 3.05) is 6.61 Å². The Morgan fingerprint density at radius 2 is 2.00 bits per heavy atom. The number of carbonyl (C=O) groups excluding carboxylic acids is 1. The molecule has 0 bridgehead atoms. The molecule has 106 valence electrons. The molecule has 1 unspecified atom stereocenters. The van der Waals surface area contributed by atoms with Crippen molar-refractivity contribution >= 4 is 5.97 Å². The third-order valence-corrected chi connectivity index (χ3v) is 3.83. The summed E-state index contributed by atoms with van der Waals surface area (Å²) in [5, 5.41) is 3.56. The van der Waals surface area contributed by atoms with Gasteiger partial charge in [-0.3, -0.25) is 10.1 Å². The highest BCUT2D eigenvalue weighted by Gasteiger charge is 2.36. The van der Waals surface area contributed by atoms with Crippen LogP contribution >= 0.6 is 0 Å². The topological polar surface area (TPSA) is 38.3 Å². The Morgan fingerprint density at radius 3 is 2.50 bits per heavy atom. The standard InChI is InChI=1S/C15H29NO2/c1-5-18-14(17)15(4,11-10-12(2)3)16-13-8-6-7-9-13/h12-13,16H,5-11H2,1-4H3. The van der Waals surface area contributed by atoms with Crippen LogP contribution in [0.4, 0.5) is 0 Å². The molecule has 18 heavy (non-hydrogen) atoms. The summed E-state index contributed by atoms with van der Waals surface area (Å²) in [6.07, 6.45) is 6.85. The molecule has 1 aliphatic rings. The molecule has 0 spiro atoms. The quantitative estimate of drug-likeness (QED) is 0.710. The molecular weight excluding hydrogens is 226 g/mol. The molecule has 0 aromatic carbocycles. The van der Waals surface area contributed by atoms with E-state index in [1.807, 2.05) is 13.8 Å². The van der Waals surface area contributed by atoms with Gasteiger partial charge in [0.05, 0.1) is 6.61 Å². The fraction of sp³-hybridized carbons (Fsp3) is 0.933. The van der Waals surface area contributed by atoms with Gasteiger partial charge in [0, 0.05) is 6.04 Å². The van der Waals surface area contributed by atoms with E-state index in [1.165, 1.54) is 25.7 Å². The Bertz CT molecular complexity index is 259. The van der Waals surface area contributed by atoms with Crippen molar-refractivity contribution in [3.63, 3.8) is 0 Å². The molecule has 3 heteroatoms. The first-order valence-electron chi connectivity index (χ1n) is 7.43. The van der Waals surface area contributed by atoms with Crippen LogP contribution in [0.25, 0.3) is 0 Å². The largest absolute Gasteiger partial charge is 0.465 e. The minimum atomic E-state index is -0.505. The van der Waals surface area contributed by atoms with E-state index in [-0.39, 0.29) is 5.97 Å². The molecule has 0 saturated heterocycles. The van der Waals surface area contributed by atoms with Crippen molar-refractivity contribution in [3.8, 4) is 0 Å². The first kappa shape index (κ1) is 15.5. The molecule has 1 rings (SSSR count). The van der Waals surface area contributed by atoms with Crippen LogP contribution < -0.4 is 5.32 Å². The second-order valence-corrected chi connectivity index (χ2v) is 6.11. The van der Waals surface area contributed by atoms with Crippen LogP contribution in [0, 0.1) is 5.92 Å². The molecule has 0 aromatic heterocycles. The zero-order chi connectivity index (χ0) is 13.6. The van der Waals surface area contributed by atoms with Crippen molar-refractivity contribution in [1.82, 2.24) is 5.32 Å². The minimum Gasteiger partial charge on any atom is -0.465 e. The number of esters is 1. The molecule has 1 aliphatic carbocycles. The van der Waals surface area contributed by atoms with Gasteiger partial charge in [-0.05, 0) is 45.4 Å². The summed E-state index contributed by atoms with van der Waals surface area (Å²) in [4.78, 5) is 12.2. The van der Waals surface area contributed by atoms with E-state index >= 15 is 0 Å². The predicted molar refractivity (Wildman–Crippen MR) is 74.5 cm³/mol. The summed E-state index contributed by atoms with van der Waals surface area (Å²) < 4.78 is 5.25. The highest BCUT2D eigenvalue weighted by molar-refractivity contribution is 5.80. The van der Waals surface area contributed by atoms with Crippen LogP contribution in [0.15, 0.2) is 0 Å². The molecule has 1 N–H and O–H groups in total. The average Bonchev–Trinajstić information content (AvgIpc) is 2.79. The van der Waals surface area contributed by atoms with E-state index in [4.69, 9.17) is 4.74 Å². The molecule has 0 aliphatic heterocycles. The van der Waals surface area contributed by atoms with Gasteiger partial charge in [0.15, 0.2) is 0 Å². The Balaban J connectivity index is 2.61. The SMILES string of the molecule is CCOC(=O)C(C)(CCC(C)C)NC1CCCC1. The maximum Gasteiger partial charge on any atom is 0.326 e. The van der Waals surface area contributed by atoms with Crippen molar-refractivity contribution in [3.05, 3.63) is 0 Å². The first-order valence-corrected chi connectivity index (χ1v) is 7.43. The molecule has 0 aromatic rings. The van der Waals surface area contributed by atoms with Crippen LogP contribution in [0.1, 0.15) is 66.2 Å². The first-order chi connectivity index (χ1) is 8.48. The monoisotopic (exact) mass is 255 g/mol. The van der Waals surface area contributed by atoms with Crippen LogP contribution in [0.5, 0.6) is 0 Å². The third-order valence-electron chi connectivity index (χ3n) is 3.83. The van der Waals surface area contributed by atoms with Gasteiger partial charge in [-0.15, -0.1) is 0 Å². The highest BCUT2D eigenvalue weighted by atomic mass is 16.5. The molecule has 1 saturated carbocycles. The van der Waals surface area contributed by atoms with E-state index in [0.29, 0.717) is 18.6 Å². The lowest BCUT2D eigenvalue weighted by molar-refractivity contribution is -0.151. The summed E-state index contributed by atoms with van der Waals surface area (Å²) in [6.45, 7) is 8.73. The lowest BCUT2D eigenvalue weighted by Gasteiger charge is -2.32. The molecule has 0 amide bonds. The second kappa shape index (κ2) is 7.13. The van der Waals surface area contributed by atoms with Crippen LogP contribution in [-0.2, 0) is 9.53 Å². The van der Waals surface area contributed by atoms with Crippen molar-refractivity contribution in [1.29, 1.82) is 0 Å². The van der Waals surface area contributed by atoms with Gasteiger partial charge in [-0.25, -0.2) is 0 Å². The van der Waals surface area contributed by atoms with Crippen LogP contribution in [0.2, 0.25) is 0 Å². The van der Waals surface area contributed by atoms with Gasteiger partial charge in [-0.2, -0.15) is 0 Å². The molecule has 0 radical (unpaired) electrons. The number of rotatable bonds is 7. The summed E-state index contributed by atoms with van der Waals surface area (Å²) in [5.41, 5.74) is -0.505. The van der Waals surface area contributed by atoms with Crippen molar-refractivity contribution < 1.29 is 9.53 Å². The van der Waals surface area contributed by atoms with Crippen LogP contribution in [0.3, 0.4) is 0 Å². The van der Waals surface area contributed by atoms with Crippen molar-refractivity contribution in [2.24, 2.45) is 5.92 Å². The van der Waals surface area contributed by atoms with E-state index < -0.39 is 5.54 Å². The maximum absolute atomic E-state index is 12.2. The van der Waals surface area contributed by atoms with Crippen LogP contribution in [-0.4, -0.2) is 24.2 Å². The smallest absolute Gasteiger partial charge is 0.326 e. The molecule has 1 atom stereocenters. The molecular formula is C15H29NO2. The maximum atomic E-state index is 12.2. The molecule has 1 fully saturated rings. The number of carbonyl (C=O) groups is 1. The van der Waals surface area contributed by atoms with Gasteiger partial charge in [0.2, 0.25) is 0 Å². The fourth-order valence-corrected chi connectivity index (χ4v) is 2.62. The van der Waals surface area contributed by atoms with E-state index in [2.05, 4.69) is 19.2 Å². The second-order valence-electron chi connectivity index (χ2n) is 6.11. The molecule has 3 nitrogen and oxygen atoms in total. The third kappa shape index (κ3) is 4.60. The van der Waals surface area contributed by atoms with Crippen molar-refractivity contribution in [2.45, 2.75) is 77.8 Å². The summed E-state index contributed by atoms with van der Waals surface area (Å²) >= 11 is 0. The molecule has 0 heterocycles. The lowest BCUT2D eigenvalue weighted by Crippen LogP contribution is -2.54. The Kier molecular flexibility index (Phi) is 6.13. The van der Waals surface area contributed by atoms with Gasteiger partial charge >= 0.3 is 5.97 Å². The minimum absolute atomic E-state index is 0.0856. The van der Waals surface area contributed by atoms with Gasteiger partial charge in [0.25, 0.3) is 0 Å². The van der Waals surface area contributed by atoms with E-state index in [9.17, 15) is 4.79 Å². The Hall–Kier alpha value is -0.570. The zero-order valence-corrected chi connectivity index (χ0v) is 12.4. The summed E-state index contributed by atoms with van der Waals surface area (Å²) in [6, 6.07) is 0.492. The van der Waals surface area contributed by atoms with E-state index in [1.54, 1.807) is 0 Å². The van der Waals surface area contributed by atoms with Gasteiger partial charge < -0.3 is 4.74 Å². The predicted octanol–water partition coefficient (Wildman–Crippen LogP) is 3.28. The van der Waals surface area contributed by atoms with Gasteiger partial charge in [-0.1, -0.05) is 26.7 Å². The Morgan fingerprint density at radius 1 is 1.39 bits per heavy atom. The number of nitrogens with one attached hydrogen (secondary N) is 1. The van der Waals surface area contributed by atoms with Gasteiger partial charge in [0.1, 0.15) is 5.54 Å². The normalized spacial score (nSPS) is 20.1. The fourth-order valence-electron chi connectivity index (χ4n) is 2.62. The highest BCUT2D eigenvalue weighted by Crippen LogP contribution is 2.25. The number of hydrogen-bond acceptors (Lipinski definition) is 3. The Labute approximate surface area is 112 Å². The number of hydrogen-bond donors (Lipinski definition) is 1. The summed E-state index contributed by atoms with van der Waals surface area (Å²) in [7, 11) is 0. The average molecular weight is 255 g/mol. The van der Waals surface area contributed by atoms with E-state index in [0.717, 1.165) is 12.8 Å². The lowest BCUT2D eigenvalue weighted by atomic mass is 9.90.